The van der Waals surface area contributed by atoms with Gasteiger partial charge in [-0.3, -0.25) is 0 Å². The predicted molar refractivity (Wildman–Crippen MR) is 68.0 cm³/mol. The third-order valence-corrected chi connectivity index (χ3v) is 3.12. The van der Waals surface area contributed by atoms with Gasteiger partial charge in [0.2, 0.25) is 12.4 Å². The molecular weight excluding hydrogens is 208 g/mol. The Morgan fingerprint density at radius 1 is 0.882 bits per heavy atom. The molecule has 1 aliphatic rings. The van der Waals surface area contributed by atoms with Crippen LogP contribution in [0.1, 0.15) is 24.0 Å². The molecule has 0 atom stereocenters. The Morgan fingerprint density at radius 2 is 1.71 bits per heavy atom. The first-order valence-corrected chi connectivity index (χ1v) is 6.06. The fraction of sp³-hybridized carbons (Fsp3) is 0.200. The Bertz CT molecular complexity index is 544. The van der Waals surface area contributed by atoms with Crippen molar-refractivity contribution in [3.8, 4) is 0 Å². The van der Waals surface area contributed by atoms with Crippen molar-refractivity contribution in [1.82, 2.24) is 0 Å². The monoisotopic (exact) mass is 223 g/mol. The van der Waals surface area contributed by atoms with Crippen LogP contribution in [0.15, 0.2) is 60.0 Å². The van der Waals surface area contributed by atoms with Crippen LogP contribution in [-0.4, -0.2) is 5.71 Å². The highest BCUT2D eigenvalue weighted by Crippen LogP contribution is 2.20. The maximum atomic E-state index is 4.69. The van der Waals surface area contributed by atoms with E-state index in [1.54, 1.807) is 0 Å². The molecule has 1 aliphatic carbocycles. The smallest absolute Gasteiger partial charge is 0.0619 e. The zero-order valence-corrected chi connectivity index (χ0v) is 9.71. The Morgan fingerprint density at radius 3 is 2.59 bits per heavy atom. The molecule has 0 saturated heterocycles. The second kappa shape index (κ2) is 4.50. The highest BCUT2D eigenvalue weighted by molar-refractivity contribution is 6.02. The first kappa shape index (κ1) is 10.2. The predicted octanol–water partition coefficient (Wildman–Crippen LogP) is 2.56. The minimum atomic E-state index is 1.07. The SMILES string of the molecule is c1cc[n+](/N=C2/CCCc3ccccc32)cc1. The summed E-state index contributed by atoms with van der Waals surface area (Å²) < 4.78 is 1.89. The van der Waals surface area contributed by atoms with Gasteiger partial charge >= 0.3 is 0 Å². The molecule has 0 bridgehead atoms. The summed E-state index contributed by atoms with van der Waals surface area (Å²) in [6.45, 7) is 0. The Labute approximate surface area is 101 Å². The first-order chi connectivity index (χ1) is 8.43. The second-order valence-corrected chi connectivity index (χ2v) is 4.31. The van der Waals surface area contributed by atoms with Crippen LogP contribution in [0.2, 0.25) is 0 Å². The van der Waals surface area contributed by atoms with Crippen LogP contribution < -0.4 is 4.68 Å². The highest BCUT2D eigenvalue weighted by Gasteiger charge is 2.16. The van der Waals surface area contributed by atoms with E-state index >= 15 is 0 Å². The van der Waals surface area contributed by atoms with Crippen LogP contribution in [0.5, 0.6) is 0 Å². The largest absolute Gasteiger partial charge is 0.202 e. The van der Waals surface area contributed by atoms with Gasteiger partial charge in [-0.1, -0.05) is 35.0 Å². The molecule has 1 aromatic carbocycles. The summed E-state index contributed by atoms with van der Waals surface area (Å²) >= 11 is 0. The summed E-state index contributed by atoms with van der Waals surface area (Å²) in [7, 11) is 0. The summed E-state index contributed by atoms with van der Waals surface area (Å²) in [5, 5.41) is 4.69. The van der Waals surface area contributed by atoms with E-state index < -0.39 is 0 Å². The van der Waals surface area contributed by atoms with Crippen LogP contribution in [-0.2, 0) is 6.42 Å². The Balaban J connectivity index is 2.03. The van der Waals surface area contributed by atoms with Gasteiger partial charge in [-0.25, -0.2) is 0 Å². The van der Waals surface area contributed by atoms with Gasteiger partial charge in [0.05, 0.1) is 0 Å². The lowest BCUT2D eigenvalue weighted by atomic mass is 9.90. The molecule has 0 N–H and O–H groups in total. The molecule has 2 heteroatoms. The summed E-state index contributed by atoms with van der Waals surface area (Å²) in [5.41, 5.74) is 3.94. The zero-order valence-electron chi connectivity index (χ0n) is 9.71. The van der Waals surface area contributed by atoms with Crippen molar-refractivity contribution in [1.29, 1.82) is 0 Å². The molecule has 0 amide bonds. The number of pyridine rings is 1. The molecular formula is C15H15N2+. The second-order valence-electron chi connectivity index (χ2n) is 4.31. The quantitative estimate of drug-likeness (QED) is 0.661. The molecule has 0 saturated carbocycles. The van der Waals surface area contributed by atoms with Gasteiger partial charge in [-0.05, 0) is 24.8 Å². The third kappa shape index (κ3) is 2.11. The van der Waals surface area contributed by atoms with Gasteiger partial charge in [-0.2, -0.15) is 0 Å². The number of nitrogens with zero attached hydrogens (tertiary/aromatic N) is 2. The molecule has 1 heterocycles. The minimum Gasteiger partial charge on any atom is -0.0619 e. The van der Waals surface area contributed by atoms with E-state index in [1.807, 2.05) is 35.3 Å². The van der Waals surface area contributed by atoms with Crippen molar-refractivity contribution in [3.63, 3.8) is 0 Å². The highest BCUT2D eigenvalue weighted by atomic mass is 15.3. The van der Waals surface area contributed by atoms with Crippen molar-refractivity contribution in [2.45, 2.75) is 19.3 Å². The lowest BCUT2D eigenvalue weighted by molar-refractivity contribution is -0.678. The van der Waals surface area contributed by atoms with E-state index in [1.165, 1.54) is 29.7 Å². The van der Waals surface area contributed by atoms with E-state index in [0.717, 1.165) is 6.42 Å². The lowest BCUT2D eigenvalue weighted by Crippen LogP contribution is -2.29. The first-order valence-electron chi connectivity index (χ1n) is 6.06. The van der Waals surface area contributed by atoms with E-state index in [2.05, 4.69) is 24.3 Å². The third-order valence-electron chi connectivity index (χ3n) is 3.12. The topological polar surface area (TPSA) is 16.2 Å². The minimum absolute atomic E-state index is 1.07. The van der Waals surface area contributed by atoms with Crippen LogP contribution in [0, 0.1) is 0 Å². The van der Waals surface area contributed by atoms with Crippen molar-refractivity contribution in [2.24, 2.45) is 5.10 Å². The zero-order chi connectivity index (χ0) is 11.5. The summed E-state index contributed by atoms with van der Waals surface area (Å²) in [5.74, 6) is 0. The molecule has 1 aromatic heterocycles. The standard InChI is InChI=1S/C15H15N2/c1-4-11-17(12-5-1)16-15-10-6-8-13-7-2-3-9-14(13)15/h1-5,7,9,11-12H,6,8,10H2/q+1/b16-15-. The van der Waals surface area contributed by atoms with Crippen LogP contribution in [0.25, 0.3) is 0 Å². The van der Waals surface area contributed by atoms with Crippen molar-refractivity contribution >= 4 is 5.71 Å². The van der Waals surface area contributed by atoms with Crippen LogP contribution in [0.3, 0.4) is 0 Å². The van der Waals surface area contributed by atoms with Gasteiger partial charge in [0.1, 0.15) is 5.71 Å². The average molecular weight is 223 g/mol. The van der Waals surface area contributed by atoms with Gasteiger partial charge < -0.3 is 0 Å². The molecule has 0 unspecified atom stereocenters. The summed E-state index contributed by atoms with van der Waals surface area (Å²) in [6.07, 6.45) is 7.39. The Kier molecular flexibility index (Phi) is 2.70. The molecule has 0 radical (unpaired) electrons. The van der Waals surface area contributed by atoms with Crippen molar-refractivity contribution in [2.75, 3.05) is 0 Å². The molecule has 2 aromatic rings. The number of aryl methyl sites for hydroxylation is 1. The molecule has 17 heavy (non-hydrogen) atoms. The van der Waals surface area contributed by atoms with Crippen LogP contribution in [0.4, 0.5) is 0 Å². The average Bonchev–Trinajstić information content (AvgIpc) is 2.40. The number of aromatic nitrogens is 1. The number of hydrogen-bond acceptors (Lipinski definition) is 1. The van der Waals surface area contributed by atoms with E-state index in [0.29, 0.717) is 0 Å². The fourth-order valence-electron chi connectivity index (χ4n) is 2.30. The summed E-state index contributed by atoms with van der Waals surface area (Å²) in [6, 6.07) is 14.6. The number of fused-ring (bicyclic) bond motifs is 1. The normalized spacial score (nSPS) is 16.8. The molecule has 0 spiro atoms. The van der Waals surface area contributed by atoms with Crippen molar-refractivity contribution in [3.05, 3.63) is 66.0 Å². The lowest BCUT2D eigenvalue weighted by Gasteiger charge is -2.15. The van der Waals surface area contributed by atoms with Crippen molar-refractivity contribution < 1.29 is 4.68 Å². The maximum Gasteiger partial charge on any atom is 0.202 e. The van der Waals surface area contributed by atoms with Gasteiger partial charge in [0, 0.05) is 22.8 Å². The molecule has 2 nitrogen and oxygen atoms in total. The molecule has 0 aliphatic heterocycles. The maximum absolute atomic E-state index is 4.69. The molecule has 0 fully saturated rings. The van der Waals surface area contributed by atoms with E-state index in [9.17, 15) is 0 Å². The number of rotatable bonds is 1. The van der Waals surface area contributed by atoms with E-state index in [4.69, 9.17) is 5.10 Å². The van der Waals surface area contributed by atoms with Gasteiger partial charge in [-0.15, -0.1) is 0 Å². The van der Waals surface area contributed by atoms with Crippen LogP contribution >= 0.6 is 0 Å². The number of benzene rings is 1. The fourth-order valence-corrected chi connectivity index (χ4v) is 2.30. The van der Waals surface area contributed by atoms with Gasteiger partial charge in [0.25, 0.3) is 0 Å². The van der Waals surface area contributed by atoms with Gasteiger partial charge in [0.15, 0.2) is 0 Å². The number of hydrogen-bond donors (Lipinski definition) is 0. The van der Waals surface area contributed by atoms with E-state index in [-0.39, 0.29) is 0 Å². The Hall–Kier alpha value is -1.96. The summed E-state index contributed by atoms with van der Waals surface area (Å²) in [4.78, 5) is 0. The molecule has 84 valence electrons. The molecule has 3 rings (SSSR count).